The van der Waals surface area contributed by atoms with Crippen molar-refractivity contribution in [1.29, 1.82) is 0 Å². The monoisotopic (exact) mass is 450 g/mol. The van der Waals surface area contributed by atoms with Crippen molar-refractivity contribution in [1.82, 2.24) is 14.9 Å². The number of para-hydroxylation sites is 1. The van der Waals surface area contributed by atoms with Crippen molar-refractivity contribution < 1.29 is 9.59 Å². The molecule has 0 aliphatic rings. The van der Waals surface area contributed by atoms with E-state index in [1.54, 1.807) is 6.20 Å². The number of aromatic nitrogens is 2. The van der Waals surface area contributed by atoms with Gasteiger partial charge < -0.3 is 15.2 Å². The van der Waals surface area contributed by atoms with Gasteiger partial charge in [0.15, 0.2) is 5.13 Å². The molecule has 0 aliphatic heterocycles. The van der Waals surface area contributed by atoms with Crippen LogP contribution in [0.3, 0.4) is 0 Å². The number of amides is 2. The number of thiazole rings is 1. The third-order valence-corrected chi connectivity index (χ3v) is 6.55. The molecule has 0 saturated carbocycles. The standard InChI is InChI=1S/C23H22N4O2S2/c1-16-6-2-3-7-17(16)22(29)24-10-12-27-14-20(18-8-4-5-9-19(18)27)31-15-21(28)26-23-25-11-13-30-23/h2-9,11,13-14H,10,12,15H2,1H3,(H,24,29)(H,25,26,28). The molecule has 8 heteroatoms. The molecule has 0 saturated heterocycles. The average molecular weight is 451 g/mol. The van der Waals surface area contributed by atoms with Gasteiger partial charge in [-0.3, -0.25) is 9.59 Å². The van der Waals surface area contributed by atoms with E-state index < -0.39 is 0 Å². The maximum atomic E-state index is 12.5. The first-order valence-corrected chi connectivity index (χ1v) is 11.7. The number of carbonyl (C=O) groups is 2. The molecule has 2 amide bonds. The summed E-state index contributed by atoms with van der Waals surface area (Å²) in [5.74, 6) is 0.155. The van der Waals surface area contributed by atoms with Crippen LogP contribution in [0.5, 0.6) is 0 Å². The maximum Gasteiger partial charge on any atom is 0.251 e. The molecule has 158 valence electrons. The molecular formula is C23H22N4O2S2. The van der Waals surface area contributed by atoms with Crippen molar-refractivity contribution >= 4 is 50.9 Å². The first-order chi connectivity index (χ1) is 15.1. The van der Waals surface area contributed by atoms with Gasteiger partial charge in [-0.05, 0) is 24.6 Å². The average Bonchev–Trinajstić information content (AvgIpc) is 3.41. The molecule has 0 fully saturated rings. The summed E-state index contributed by atoms with van der Waals surface area (Å²) < 4.78 is 2.12. The topological polar surface area (TPSA) is 76.0 Å². The molecule has 0 aliphatic carbocycles. The Balaban J connectivity index is 1.40. The number of aryl methyl sites for hydroxylation is 1. The largest absolute Gasteiger partial charge is 0.350 e. The molecule has 2 aromatic heterocycles. The predicted octanol–water partition coefficient (Wildman–Crippen LogP) is 4.57. The van der Waals surface area contributed by atoms with Crippen molar-refractivity contribution in [3.63, 3.8) is 0 Å². The minimum Gasteiger partial charge on any atom is -0.350 e. The van der Waals surface area contributed by atoms with Crippen molar-refractivity contribution in [3.05, 3.63) is 77.4 Å². The summed E-state index contributed by atoms with van der Waals surface area (Å²) in [4.78, 5) is 29.8. The zero-order valence-electron chi connectivity index (χ0n) is 17.0. The number of rotatable bonds is 8. The Hall–Kier alpha value is -3.10. The lowest BCUT2D eigenvalue weighted by Crippen LogP contribution is -2.27. The van der Waals surface area contributed by atoms with E-state index in [2.05, 4.69) is 32.3 Å². The summed E-state index contributed by atoms with van der Waals surface area (Å²) in [6.07, 6.45) is 3.71. The second-order valence-corrected chi connectivity index (χ2v) is 8.86. The molecule has 2 heterocycles. The summed E-state index contributed by atoms with van der Waals surface area (Å²) in [6, 6.07) is 15.7. The SMILES string of the molecule is Cc1ccccc1C(=O)NCCn1cc(SCC(=O)Nc2nccs2)c2ccccc21. The molecule has 31 heavy (non-hydrogen) atoms. The van der Waals surface area contributed by atoms with Gasteiger partial charge in [-0.1, -0.05) is 36.4 Å². The van der Waals surface area contributed by atoms with Crippen molar-refractivity contribution in [2.24, 2.45) is 0 Å². The molecule has 0 radical (unpaired) electrons. The number of hydrogen-bond donors (Lipinski definition) is 2. The maximum absolute atomic E-state index is 12.5. The Kier molecular flexibility index (Phi) is 6.69. The van der Waals surface area contributed by atoms with Crippen molar-refractivity contribution in [2.75, 3.05) is 17.6 Å². The lowest BCUT2D eigenvalue weighted by molar-refractivity contribution is -0.113. The Morgan fingerprint density at radius 1 is 1.13 bits per heavy atom. The van der Waals surface area contributed by atoms with Crippen molar-refractivity contribution in [2.45, 2.75) is 18.4 Å². The van der Waals surface area contributed by atoms with E-state index >= 15 is 0 Å². The Morgan fingerprint density at radius 2 is 1.94 bits per heavy atom. The highest BCUT2D eigenvalue weighted by atomic mass is 32.2. The van der Waals surface area contributed by atoms with Gasteiger partial charge in [-0.2, -0.15) is 0 Å². The smallest absolute Gasteiger partial charge is 0.251 e. The zero-order valence-corrected chi connectivity index (χ0v) is 18.6. The summed E-state index contributed by atoms with van der Waals surface area (Å²) in [6.45, 7) is 3.09. The van der Waals surface area contributed by atoms with Crippen LogP contribution in [0.1, 0.15) is 15.9 Å². The second-order valence-electron chi connectivity index (χ2n) is 6.95. The van der Waals surface area contributed by atoms with Gasteiger partial charge in [0.2, 0.25) is 5.91 Å². The van der Waals surface area contributed by atoms with Crippen LogP contribution in [0, 0.1) is 6.92 Å². The highest BCUT2D eigenvalue weighted by Crippen LogP contribution is 2.30. The fraction of sp³-hybridized carbons (Fsp3) is 0.174. The van der Waals surface area contributed by atoms with E-state index in [1.165, 1.54) is 23.1 Å². The minimum absolute atomic E-state index is 0.0667. The highest BCUT2D eigenvalue weighted by molar-refractivity contribution is 8.00. The molecule has 2 aromatic carbocycles. The summed E-state index contributed by atoms with van der Waals surface area (Å²) >= 11 is 2.90. The summed E-state index contributed by atoms with van der Waals surface area (Å²) in [5.41, 5.74) is 2.74. The van der Waals surface area contributed by atoms with Gasteiger partial charge >= 0.3 is 0 Å². The van der Waals surface area contributed by atoms with Gasteiger partial charge in [0, 0.05) is 52.2 Å². The predicted molar refractivity (Wildman–Crippen MR) is 127 cm³/mol. The van der Waals surface area contributed by atoms with E-state index in [9.17, 15) is 9.59 Å². The first-order valence-electron chi connectivity index (χ1n) is 9.85. The summed E-state index contributed by atoms with van der Waals surface area (Å²) in [5, 5.41) is 9.34. The molecule has 0 atom stereocenters. The normalized spacial score (nSPS) is 10.9. The molecule has 4 rings (SSSR count). The fourth-order valence-corrected chi connectivity index (χ4v) is 4.74. The van der Waals surface area contributed by atoms with Crippen LogP contribution >= 0.6 is 23.1 Å². The third kappa shape index (κ3) is 5.15. The number of nitrogens with zero attached hydrogens (tertiary/aromatic N) is 2. The van der Waals surface area contributed by atoms with Gasteiger partial charge in [-0.25, -0.2) is 4.98 Å². The van der Waals surface area contributed by atoms with Gasteiger partial charge in [-0.15, -0.1) is 23.1 Å². The molecule has 4 aromatic rings. The van der Waals surface area contributed by atoms with Crippen LogP contribution in [-0.2, 0) is 11.3 Å². The summed E-state index contributed by atoms with van der Waals surface area (Å²) in [7, 11) is 0. The lowest BCUT2D eigenvalue weighted by atomic mass is 10.1. The second kappa shape index (κ2) is 9.80. The van der Waals surface area contributed by atoms with Crippen LogP contribution in [0.25, 0.3) is 10.9 Å². The van der Waals surface area contributed by atoms with E-state index in [1.807, 2.05) is 54.9 Å². The molecule has 0 unspecified atom stereocenters. The Bertz CT molecular complexity index is 1200. The molecule has 6 nitrogen and oxygen atoms in total. The van der Waals surface area contributed by atoms with E-state index in [0.29, 0.717) is 29.5 Å². The van der Waals surface area contributed by atoms with Gasteiger partial charge in [0.25, 0.3) is 5.91 Å². The van der Waals surface area contributed by atoms with Crippen LogP contribution in [-0.4, -0.2) is 33.7 Å². The third-order valence-electron chi connectivity index (χ3n) is 4.82. The Labute approximate surface area is 188 Å². The number of anilines is 1. The van der Waals surface area contributed by atoms with Crippen LogP contribution in [0.15, 0.2) is 71.2 Å². The molecular weight excluding hydrogens is 428 g/mol. The van der Waals surface area contributed by atoms with E-state index in [-0.39, 0.29) is 11.8 Å². The number of hydrogen-bond acceptors (Lipinski definition) is 5. The van der Waals surface area contributed by atoms with Gasteiger partial charge in [0.05, 0.1) is 5.75 Å². The van der Waals surface area contributed by atoms with E-state index in [0.717, 1.165) is 21.4 Å². The number of nitrogens with one attached hydrogen (secondary N) is 2. The molecule has 2 N–H and O–H groups in total. The number of benzene rings is 2. The fourth-order valence-electron chi connectivity index (χ4n) is 3.31. The first kappa shape index (κ1) is 21.1. The molecule has 0 spiro atoms. The lowest BCUT2D eigenvalue weighted by Gasteiger charge is -2.09. The number of carbonyl (C=O) groups excluding carboxylic acids is 2. The van der Waals surface area contributed by atoms with Crippen LogP contribution in [0.4, 0.5) is 5.13 Å². The highest BCUT2D eigenvalue weighted by Gasteiger charge is 2.12. The Morgan fingerprint density at radius 3 is 2.74 bits per heavy atom. The van der Waals surface area contributed by atoms with Crippen LogP contribution < -0.4 is 10.6 Å². The van der Waals surface area contributed by atoms with Gasteiger partial charge in [0.1, 0.15) is 0 Å². The molecule has 0 bridgehead atoms. The quantitative estimate of drug-likeness (QED) is 0.386. The van der Waals surface area contributed by atoms with Crippen molar-refractivity contribution in [3.8, 4) is 0 Å². The minimum atomic E-state index is -0.0812. The zero-order chi connectivity index (χ0) is 21.6. The van der Waals surface area contributed by atoms with Crippen LogP contribution in [0.2, 0.25) is 0 Å². The van der Waals surface area contributed by atoms with E-state index in [4.69, 9.17) is 0 Å². The number of fused-ring (bicyclic) bond motifs is 1. The number of thioether (sulfide) groups is 1.